The molecule has 8 atom stereocenters. The molecule has 63 heavy (non-hydrogen) atoms. The predicted molar refractivity (Wildman–Crippen MR) is 230 cm³/mol. The van der Waals surface area contributed by atoms with Crippen LogP contribution in [0, 0.1) is 23.2 Å². The number of benzene rings is 1. The van der Waals surface area contributed by atoms with E-state index in [1.54, 1.807) is 27.7 Å². The maximum absolute atomic E-state index is 14.9. The molecule has 1 aromatic carbocycles. The van der Waals surface area contributed by atoms with Crippen LogP contribution in [-0.4, -0.2) is 119 Å². The Balaban J connectivity index is 1.13. The van der Waals surface area contributed by atoms with Gasteiger partial charge in [-0.2, -0.15) is 0 Å². The average Bonchev–Trinajstić information content (AvgIpc) is 4.17. The van der Waals surface area contributed by atoms with Gasteiger partial charge in [0.05, 0.1) is 29.0 Å². The van der Waals surface area contributed by atoms with E-state index in [0.717, 1.165) is 43.1 Å². The maximum Gasteiger partial charge on any atom is 0.408 e. The number of rotatable bonds is 9. The molecule has 3 aliphatic carbocycles. The van der Waals surface area contributed by atoms with Crippen LogP contribution in [0.4, 0.5) is 9.59 Å². The van der Waals surface area contributed by atoms with Crippen LogP contribution in [0.1, 0.15) is 97.5 Å². The van der Waals surface area contributed by atoms with Gasteiger partial charge >= 0.3 is 12.2 Å². The highest BCUT2D eigenvalue weighted by molar-refractivity contribution is 7.91. The Morgan fingerprint density at radius 2 is 1.84 bits per heavy atom. The van der Waals surface area contributed by atoms with Gasteiger partial charge in [-0.25, -0.2) is 23.0 Å². The maximum atomic E-state index is 14.9. The molecule has 0 spiro atoms. The second kappa shape index (κ2) is 16.8. The van der Waals surface area contributed by atoms with Crippen molar-refractivity contribution in [1.29, 1.82) is 0 Å². The van der Waals surface area contributed by atoms with Crippen molar-refractivity contribution in [3.63, 3.8) is 0 Å². The van der Waals surface area contributed by atoms with E-state index < -0.39 is 79.7 Å². The average molecular weight is 893 g/mol. The van der Waals surface area contributed by atoms with Gasteiger partial charge in [0.25, 0.3) is 5.91 Å². The number of hydrogen-bond donors (Lipinski definition) is 4. The Bertz CT molecular complexity index is 2300. The van der Waals surface area contributed by atoms with E-state index >= 15 is 0 Å². The minimum absolute atomic E-state index is 0.0168. The van der Waals surface area contributed by atoms with Crippen molar-refractivity contribution in [2.45, 2.75) is 133 Å². The number of aromatic nitrogens is 1. The number of para-hydroxylation sites is 1. The molecule has 8 rings (SSSR count). The third-order valence-corrected chi connectivity index (χ3v) is 16.1. The Hall–Kier alpha value is -5.13. The van der Waals surface area contributed by atoms with E-state index in [-0.39, 0.29) is 43.9 Å². The van der Waals surface area contributed by atoms with Gasteiger partial charge < -0.3 is 39.8 Å². The number of hydrogen-bond acceptors (Lipinski definition) is 11. The van der Waals surface area contributed by atoms with Crippen molar-refractivity contribution in [1.82, 2.24) is 30.1 Å². The first kappa shape index (κ1) is 44.5. The summed E-state index contributed by atoms with van der Waals surface area (Å²) in [5, 5.41) is 16.0. The molecule has 6 aliphatic rings. The molecule has 1 aromatic heterocycles. The summed E-state index contributed by atoms with van der Waals surface area (Å²) in [5.41, 5.74) is -1.11. The zero-order valence-electron chi connectivity index (χ0n) is 36.5. The third kappa shape index (κ3) is 9.14. The first-order valence-corrected chi connectivity index (χ1v) is 23.8. The lowest BCUT2D eigenvalue weighted by Gasteiger charge is -2.35. The molecule has 5 fully saturated rings. The van der Waals surface area contributed by atoms with E-state index in [4.69, 9.17) is 19.2 Å². The third-order valence-electron chi connectivity index (χ3n) is 13.9. The van der Waals surface area contributed by atoms with Crippen molar-refractivity contribution in [3.8, 4) is 11.6 Å². The molecular formula is C45H60N6O11S. The smallest absolute Gasteiger partial charge is 0.408 e. The molecular weight excluding hydrogens is 833 g/mol. The van der Waals surface area contributed by atoms with E-state index in [2.05, 4.69) is 21.9 Å². The van der Waals surface area contributed by atoms with E-state index in [9.17, 15) is 37.5 Å². The van der Waals surface area contributed by atoms with Gasteiger partial charge in [0.1, 0.15) is 35.6 Å². The van der Waals surface area contributed by atoms with Crippen molar-refractivity contribution in [2.24, 2.45) is 23.2 Å². The number of ether oxygens (including phenoxy) is 3. The number of fused-ring (bicyclic) bond motifs is 5. The summed E-state index contributed by atoms with van der Waals surface area (Å²) in [6.07, 6.45) is 5.01. The largest absolute Gasteiger partial charge is 0.492 e. The zero-order valence-corrected chi connectivity index (χ0v) is 37.3. The summed E-state index contributed by atoms with van der Waals surface area (Å²) in [4.78, 5) is 76.1. The van der Waals surface area contributed by atoms with Crippen molar-refractivity contribution < 1.29 is 51.7 Å². The number of pyridine rings is 1. The standard InChI is InChI=1S/C45H60N6O11S/c1-6-28-22-45(28,40(54)49-63(58,59)44(5)17-18-44)48-37(52)33-21-29-24-51(33)39(53)36(43(2,3)4)47-41(55)62-34-20-27(34)12-8-7-9-14-31-35(60-25-26-16-19-50(23-26)42(56)57)30-13-10-11-15-32(30)46-38(31)61-29/h6,10-11,13,15,26-29,33-34,36H,1,7-9,12,14,16-25H2,2-5H3,(H,47,55)(H,48,52)(H,49,54)(H,56,57)/t26-,27-,28-,29-,33+,34-,36-,45-/m1/s1. The van der Waals surface area contributed by atoms with Crippen LogP contribution in [-0.2, 0) is 35.6 Å². The summed E-state index contributed by atoms with van der Waals surface area (Å²) >= 11 is 0. The number of carbonyl (C=O) groups excluding carboxylic acids is 4. The Morgan fingerprint density at radius 1 is 1.08 bits per heavy atom. The van der Waals surface area contributed by atoms with E-state index in [0.29, 0.717) is 55.9 Å². The highest BCUT2D eigenvalue weighted by Crippen LogP contribution is 2.47. The van der Waals surface area contributed by atoms with E-state index in [1.807, 2.05) is 24.3 Å². The fourth-order valence-corrected chi connectivity index (χ4v) is 10.6. The van der Waals surface area contributed by atoms with Crippen LogP contribution in [0.2, 0.25) is 0 Å². The molecule has 3 saturated carbocycles. The quantitative estimate of drug-likeness (QED) is 0.253. The van der Waals surface area contributed by atoms with Gasteiger partial charge in [0.2, 0.25) is 27.7 Å². The zero-order chi connectivity index (χ0) is 45.1. The monoisotopic (exact) mass is 892 g/mol. The second-order valence-electron chi connectivity index (χ2n) is 19.8. The first-order valence-electron chi connectivity index (χ1n) is 22.3. The number of carbonyl (C=O) groups is 5. The highest BCUT2D eigenvalue weighted by Gasteiger charge is 2.63. The van der Waals surface area contributed by atoms with Crippen LogP contribution in [0.3, 0.4) is 0 Å². The molecule has 342 valence electrons. The van der Waals surface area contributed by atoms with Gasteiger partial charge in [-0.05, 0) is 81.8 Å². The number of sulfonamides is 1. The lowest BCUT2D eigenvalue weighted by molar-refractivity contribution is -0.142. The molecule has 0 unspecified atom stereocenters. The predicted octanol–water partition coefficient (Wildman–Crippen LogP) is 4.67. The van der Waals surface area contributed by atoms with Gasteiger partial charge in [-0.15, -0.1) is 6.58 Å². The number of amides is 5. The molecule has 3 aliphatic heterocycles. The Labute approximate surface area is 368 Å². The minimum atomic E-state index is -4.04. The summed E-state index contributed by atoms with van der Waals surface area (Å²) < 4.78 is 46.7. The fourth-order valence-electron chi connectivity index (χ4n) is 9.33. The minimum Gasteiger partial charge on any atom is -0.492 e. The summed E-state index contributed by atoms with van der Waals surface area (Å²) in [6.45, 7) is 11.8. The van der Waals surface area contributed by atoms with Crippen LogP contribution in [0.25, 0.3) is 10.9 Å². The molecule has 4 N–H and O–H groups in total. The Kier molecular flexibility index (Phi) is 11.8. The first-order chi connectivity index (χ1) is 29.8. The van der Waals surface area contributed by atoms with Crippen LogP contribution >= 0.6 is 0 Å². The molecule has 17 nitrogen and oxygen atoms in total. The number of likely N-dealkylation sites (tertiary alicyclic amines) is 1. The molecule has 4 heterocycles. The van der Waals surface area contributed by atoms with Crippen molar-refractivity contribution in [2.75, 3.05) is 26.2 Å². The van der Waals surface area contributed by atoms with Crippen LogP contribution in [0.15, 0.2) is 36.9 Å². The topological polar surface area (TPSA) is 223 Å². The van der Waals surface area contributed by atoms with Gasteiger partial charge in [0, 0.05) is 36.7 Å². The van der Waals surface area contributed by atoms with Crippen molar-refractivity contribution >= 4 is 50.8 Å². The number of nitrogens with one attached hydrogen (secondary N) is 3. The van der Waals surface area contributed by atoms with Crippen LogP contribution in [0.5, 0.6) is 11.6 Å². The molecule has 2 aromatic rings. The molecule has 5 amide bonds. The normalized spacial score (nSPS) is 30.6. The molecule has 2 saturated heterocycles. The van der Waals surface area contributed by atoms with Gasteiger partial charge in [0.15, 0.2) is 0 Å². The van der Waals surface area contributed by atoms with Crippen LogP contribution < -0.4 is 24.8 Å². The number of carboxylic acid groups (broad SMARTS) is 1. The van der Waals surface area contributed by atoms with Gasteiger partial charge in [-0.1, -0.05) is 51.8 Å². The highest BCUT2D eigenvalue weighted by atomic mass is 32.2. The molecule has 0 radical (unpaired) electrons. The molecule has 2 bridgehead atoms. The van der Waals surface area contributed by atoms with Crippen molar-refractivity contribution in [3.05, 3.63) is 42.5 Å². The van der Waals surface area contributed by atoms with E-state index in [1.165, 1.54) is 15.9 Å². The molecule has 18 heteroatoms. The number of alkyl carbamates (subject to hydrolysis) is 1. The summed E-state index contributed by atoms with van der Waals surface area (Å²) in [6, 6.07) is 5.22. The Morgan fingerprint density at radius 3 is 2.52 bits per heavy atom. The van der Waals surface area contributed by atoms with Gasteiger partial charge in [-0.3, -0.25) is 19.1 Å². The summed E-state index contributed by atoms with van der Waals surface area (Å²) in [5.74, 6) is -1.59. The lowest BCUT2D eigenvalue weighted by Crippen LogP contribution is -2.60. The SMILES string of the molecule is C=C[C@@H]1C[C@]1(NC(=O)[C@@H]1C[C@@H]2CN1C(=O)[C@H](C(C)(C)C)NC(=O)O[C@@H]1C[C@H]1CCCCCc1c(nc3ccccc3c1OC[C@@H]1CCN(C(=O)O)C1)O2)C(=O)NS(=O)(=O)C1(C)CC1. The lowest BCUT2D eigenvalue weighted by atomic mass is 9.85. The fraction of sp³-hybridized carbons (Fsp3) is 0.644. The summed E-state index contributed by atoms with van der Waals surface area (Å²) in [7, 11) is -4.04. The number of nitrogens with zero attached hydrogens (tertiary/aromatic N) is 3. The second-order valence-corrected chi connectivity index (χ2v) is 22.0.